The van der Waals surface area contributed by atoms with Gasteiger partial charge in [0.2, 0.25) is 10.0 Å². The molecule has 1 saturated carbocycles. The molecule has 0 unspecified atom stereocenters. The maximum atomic E-state index is 13.4. The number of alkyl halides is 2. The largest absolute Gasteiger partial charge is 0.366 e. The number of carbonyl (C=O) groups is 1. The second-order valence-corrected chi connectivity index (χ2v) is 12.6. The van der Waals surface area contributed by atoms with Crippen molar-refractivity contribution < 1.29 is 22.0 Å². The molecule has 3 fully saturated rings. The van der Waals surface area contributed by atoms with Crippen LogP contribution in [-0.2, 0) is 17.1 Å². The first kappa shape index (κ1) is 25.8. The van der Waals surface area contributed by atoms with Gasteiger partial charge in [-0.1, -0.05) is 11.3 Å². The molecule has 0 bridgehead atoms. The van der Waals surface area contributed by atoms with E-state index < -0.39 is 27.0 Å². The van der Waals surface area contributed by atoms with E-state index in [1.165, 1.54) is 6.07 Å². The molecule has 2 saturated heterocycles. The Kier molecular flexibility index (Phi) is 6.19. The van der Waals surface area contributed by atoms with Gasteiger partial charge >= 0.3 is 6.03 Å². The highest BCUT2D eigenvalue weighted by Crippen LogP contribution is 2.40. The standard InChI is InChI=1S/C23H25F2N9O3S2/c1-31-18-15(17(29-31)20-27-28-21(38-20)19(24)25)11-14(39(36,37)30-23(13-26)3-4-23)12-16(18)32-7-9-34(10-8-32)22(35)33-5-2-6-33/h11-12,19,30H,2-10H2,1H3. The Morgan fingerprint density at radius 1 is 1.13 bits per heavy atom. The summed E-state index contributed by atoms with van der Waals surface area (Å²) in [5.74, 6) is 0. The van der Waals surface area contributed by atoms with E-state index >= 15 is 0 Å². The first-order valence-electron chi connectivity index (χ1n) is 12.5. The lowest BCUT2D eigenvalue weighted by molar-refractivity contribution is 0.124. The number of nitriles is 1. The number of likely N-dealkylation sites (tertiary alicyclic amines) is 1. The van der Waals surface area contributed by atoms with Crippen molar-refractivity contribution in [3.05, 3.63) is 17.1 Å². The zero-order valence-corrected chi connectivity index (χ0v) is 22.6. The molecule has 1 aromatic carbocycles. The van der Waals surface area contributed by atoms with Crippen molar-refractivity contribution in [1.82, 2.24) is 34.5 Å². The molecule has 4 heterocycles. The molecule has 6 rings (SSSR count). The van der Waals surface area contributed by atoms with Gasteiger partial charge < -0.3 is 14.7 Å². The number of rotatable bonds is 6. The molecule has 3 aliphatic rings. The number of amides is 2. The van der Waals surface area contributed by atoms with Gasteiger partial charge in [0.15, 0.2) is 10.0 Å². The SMILES string of the molecule is Cn1nc(-c2nnc(C(F)F)s2)c2cc(S(=O)(=O)NC3(C#N)CC3)cc(N3CCN(C(=O)N4CCC4)CC3)c21. The number of piperazine rings is 1. The number of nitrogens with zero attached hydrogens (tertiary/aromatic N) is 8. The summed E-state index contributed by atoms with van der Waals surface area (Å²) in [4.78, 5) is 18.2. The van der Waals surface area contributed by atoms with Crippen molar-refractivity contribution in [2.75, 3.05) is 44.2 Å². The normalized spacial score (nSPS) is 18.9. The zero-order valence-electron chi connectivity index (χ0n) is 21.0. The number of carbonyl (C=O) groups excluding carboxylic acids is 1. The third kappa shape index (κ3) is 4.57. The number of sulfonamides is 1. The quantitative estimate of drug-likeness (QED) is 0.471. The Morgan fingerprint density at radius 3 is 2.38 bits per heavy atom. The molecule has 0 atom stereocenters. The van der Waals surface area contributed by atoms with E-state index in [0.717, 1.165) is 19.5 Å². The summed E-state index contributed by atoms with van der Waals surface area (Å²) < 4.78 is 57.4. The Hall–Kier alpha value is -3.42. The van der Waals surface area contributed by atoms with Crippen molar-refractivity contribution in [3.63, 3.8) is 0 Å². The van der Waals surface area contributed by atoms with Gasteiger partial charge in [0.05, 0.1) is 22.2 Å². The Bertz CT molecular complexity index is 1600. The van der Waals surface area contributed by atoms with Crippen LogP contribution in [0.3, 0.4) is 0 Å². The summed E-state index contributed by atoms with van der Waals surface area (Å²) in [5.41, 5.74) is 0.287. The fraction of sp³-hybridized carbons (Fsp3) is 0.522. The van der Waals surface area contributed by atoms with Crippen LogP contribution in [-0.4, -0.2) is 89.0 Å². The minimum Gasteiger partial charge on any atom is -0.366 e. The maximum Gasteiger partial charge on any atom is 0.320 e. The molecule has 1 aliphatic carbocycles. The Balaban J connectivity index is 1.42. The van der Waals surface area contributed by atoms with Gasteiger partial charge in [-0.2, -0.15) is 15.1 Å². The molecule has 0 radical (unpaired) electrons. The van der Waals surface area contributed by atoms with Crippen LogP contribution in [0, 0.1) is 11.3 Å². The number of hydrogen-bond acceptors (Lipinski definition) is 9. The number of anilines is 1. The number of hydrogen-bond donors (Lipinski definition) is 1. The molecule has 0 spiro atoms. The molecule has 2 aromatic heterocycles. The van der Waals surface area contributed by atoms with Crippen molar-refractivity contribution >= 4 is 44.0 Å². The van der Waals surface area contributed by atoms with Gasteiger partial charge in [-0.05, 0) is 31.4 Å². The zero-order chi connectivity index (χ0) is 27.5. The summed E-state index contributed by atoms with van der Waals surface area (Å²) >= 11 is 0.696. The van der Waals surface area contributed by atoms with Crippen molar-refractivity contribution in [2.45, 2.75) is 36.1 Å². The topological polar surface area (TPSA) is 140 Å². The van der Waals surface area contributed by atoms with Crippen LogP contribution < -0.4 is 9.62 Å². The van der Waals surface area contributed by atoms with Crippen LogP contribution in [0.2, 0.25) is 0 Å². The molecule has 2 aliphatic heterocycles. The fourth-order valence-corrected chi connectivity index (χ4v) is 6.98. The molecular weight excluding hydrogens is 552 g/mol. The molecule has 3 aromatic rings. The van der Waals surface area contributed by atoms with E-state index in [-0.39, 0.29) is 21.6 Å². The van der Waals surface area contributed by atoms with Gasteiger partial charge in [0, 0.05) is 51.7 Å². The van der Waals surface area contributed by atoms with Gasteiger partial charge in [-0.25, -0.2) is 22.0 Å². The van der Waals surface area contributed by atoms with Gasteiger partial charge in [-0.15, -0.1) is 10.2 Å². The number of aromatic nitrogens is 4. The fourth-order valence-electron chi connectivity index (χ4n) is 4.86. The Morgan fingerprint density at radius 2 is 1.82 bits per heavy atom. The van der Waals surface area contributed by atoms with Crippen molar-refractivity contribution in [2.24, 2.45) is 7.05 Å². The van der Waals surface area contributed by atoms with Crippen LogP contribution in [0.25, 0.3) is 21.6 Å². The number of urea groups is 1. The van der Waals surface area contributed by atoms with Crippen LogP contribution >= 0.6 is 11.3 Å². The smallest absolute Gasteiger partial charge is 0.320 e. The van der Waals surface area contributed by atoms with E-state index in [2.05, 4.69) is 20.0 Å². The summed E-state index contributed by atoms with van der Waals surface area (Å²) in [6, 6.07) is 5.02. The third-order valence-corrected chi connectivity index (χ3v) is 9.80. The van der Waals surface area contributed by atoms with E-state index in [4.69, 9.17) is 0 Å². The van der Waals surface area contributed by atoms with E-state index in [9.17, 15) is 27.3 Å². The minimum absolute atomic E-state index is 0.00624. The van der Waals surface area contributed by atoms with Crippen LogP contribution in [0.5, 0.6) is 0 Å². The molecular formula is C23H25F2N9O3S2. The number of halogens is 2. The first-order chi connectivity index (χ1) is 18.6. The molecule has 2 amide bonds. The van der Waals surface area contributed by atoms with E-state index in [1.807, 2.05) is 11.0 Å². The lowest BCUT2D eigenvalue weighted by Gasteiger charge is -2.41. The van der Waals surface area contributed by atoms with Gasteiger partial charge in [0.1, 0.15) is 11.2 Å². The minimum atomic E-state index is -4.11. The highest BCUT2D eigenvalue weighted by molar-refractivity contribution is 7.89. The Labute approximate surface area is 226 Å². The van der Waals surface area contributed by atoms with Crippen LogP contribution in [0.1, 0.15) is 30.7 Å². The summed E-state index contributed by atoms with van der Waals surface area (Å²) in [5, 5.41) is 21.5. The van der Waals surface area contributed by atoms with Crippen LogP contribution in [0.4, 0.5) is 19.3 Å². The monoisotopic (exact) mass is 577 g/mol. The molecule has 39 heavy (non-hydrogen) atoms. The number of benzene rings is 1. The van der Waals surface area contributed by atoms with E-state index in [0.29, 0.717) is 66.9 Å². The molecule has 16 heteroatoms. The molecule has 206 valence electrons. The summed E-state index contributed by atoms with van der Waals surface area (Å²) in [7, 11) is -2.42. The van der Waals surface area contributed by atoms with Crippen LogP contribution in [0.15, 0.2) is 17.0 Å². The molecule has 12 nitrogen and oxygen atoms in total. The predicted molar refractivity (Wildman–Crippen MR) is 138 cm³/mol. The average molecular weight is 578 g/mol. The molecule has 1 N–H and O–H groups in total. The van der Waals surface area contributed by atoms with Gasteiger partial charge in [0.25, 0.3) is 6.43 Å². The number of nitrogens with one attached hydrogen (secondary N) is 1. The summed E-state index contributed by atoms with van der Waals surface area (Å²) in [6.07, 6.45) is -0.950. The predicted octanol–water partition coefficient (Wildman–Crippen LogP) is 2.31. The lowest BCUT2D eigenvalue weighted by atomic mass is 10.1. The number of fused-ring (bicyclic) bond motifs is 1. The number of aryl methyl sites for hydroxylation is 1. The maximum absolute atomic E-state index is 13.4. The van der Waals surface area contributed by atoms with Gasteiger partial charge in [-0.3, -0.25) is 4.68 Å². The highest BCUT2D eigenvalue weighted by atomic mass is 32.2. The second-order valence-electron chi connectivity index (χ2n) is 9.95. The lowest BCUT2D eigenvalue weighted by Crippen LogP contribution is -2.55. The second kappa shape index (κ2) is 9.35. The highest BCUT2D eigenvalue weighted by Gasteiger charge is 2.47. The third-order valence-electron chi connectivity index (χ3n) is 7.34. The summed E-state index contributed by atoms with van der Waals surface area (Å²) in [6.45, 7) is 3.36. The van der Waals surface area contributed by atoms with Crippen molar-refractivity contribution in [1.29, 1.82) is 5.26 Å². The average Bonchev–Trinajstić information content (AvgIpc) is 3.31. The van der Waals surface area contributed by atoms with Crippen molar-refractivity contribution in [3.8, 4) is 16.8 Å². The first-order valence-corrected chi connectivity index (χ1v) is 14.8. The van der Waals surface area contributed by atoms with E-state index in [1.54, 1.807) is 27.6 Å².